The predicted molar refractivity (Wildman–Crippen MR) is 76.0 cm³/mol. The van der Waals surface area contributed by atoms with Crippen LogP contribution in [0.15, 0.2) is 30.5 Å². The van der Waals surface area contributed by atoms with Crippen LogP contribution in [0.3, 0.4) is 0 Å². The molecule has 0 aliphatic rings. The first-order valence-corrected chi connectivity index (χ1v) is 8.21. The SMILES string of the molecule is CS(=O)(=O)CCC(O)c1ccc(Cl)c2cccnc12. The number of hydrogen-bond donors (Lipinski definition) is 1. The molecule has 1 aromatic carbocycles. The molecule has 0 saturated carbocycles. The van der Waals surface area contributed by atoms with Crippen LogP contribution in [0.4, 0.5) is 0 Å². The lowest BCUT2D eigenvalue weighted by atomic mass is 10.0. The molecule has 2 rings (SSSR count). The highest BCUT2D eigenvalue weighted by Gasteiger charge is 2.15. The summed E-state index contributed by atoms with van der Waals surface area (Å²) in [4.78, 5) is 4.21. The molecule has 1 aromatic heterocycles. The van der Waals surface area contributed by atoms with E-state index >= 15 is 0 Å². The van der Waals surface area contributed by atoms with Crippen molar-refractivity contribution in [3.8, 4) is 0 Å². The third-order valence-corrected chi connectivity index (χ3v) is 4.18. The lowest BCUT2D eigenvalue weighted by Crippen LogP contribution is -2.09. The molecule has 0 aliphatic carbocycles. The van der Waals surface area contributed by atoms with Crippen LogP contribution in [-0.4, -0.2) is 30.5 Å². The van der Waals surface area contributed by atoms with Gasteiger partial charge in [0.1, 0.15) is 9.84 Å². The molecule has 0 radical (unpaired) electrons. The van der Waals surface area contributed by atoms with Crippen molar-refractivity contribution < 1.29 is 13.5 Å². The van der Waals surface area contributed by atoms with E-state index in [2.05, 4.69) is 4.98 Å². The lowest BCUT2D eigenvalue weighted by Gasteiger charge is -2.13. The number of halogens is 1. The van der Waals surface area contributed by atoms with E-state index < -0.39 is 15.9 Å². The van der Waals surface area contributed by atoms with Gasteiger partial charge in [0.2, 0.25) is 0 Å². The monoisotopic (exact) mass is 299 g/mol. The lowest BCUT2D eigenvalue weighted by molar-refractivity contribution is 0.175. The molecule has 0 bridgehead atoms. The Morgan fingerprint density at radius 1 is 1.37 bits per heavy atom. The van der Waals surface area contributed by atoms with Crippen molar-refractivity contribution in [2.24, 2.45) is 0 Å². The number of sulfone groups is 1. The first kappa shape index (κ1) is 14.2. The smallest absolute Gasteiger partial charge is 0.147 e. The molecule has 0 saturated heterocycles. The molecule has 6 heteroatoms. The standard InChI is InChI=1S/C13H14ClNO3S/c1-19(17,18)8-6-12(16)10-4-5-11(14)9-3-2-7-15-13(9)10/h2-5,7,12,16H,6,8H2,1H3. The molecule has 1 N–H and O–H groups in total. The van der Waals surface area contributed by atoms with Crippen LogP contribution in [-0.2, 0) is 9.84 Å². The maximum Gasteiger partial charge on any atom is 0.147 e. The van der Waals surface area contributed by atoms with E-state index in [4.69, 9.17) is 11.6 Å². The first-order chi connectivity index (χ1) is 8.88. The van der Waals surface area contributed by atoms with Gasteiger partial charge in [0, 0.05) is 28.4 Å². The highest BCUT2D eigenvalue weighted by molar-refractivity contribution is 7.90. The molecule has 4 nitrogen and oxygen atoms in total. The molecule has 1 atom stereocenters. The Bertz CT molecular complexity index is 700. The normalized spacial score (nSPS) is 13.6. The van der Waals surface area contributed by atoms with Gasteiger partial charge < -0.3 is 5.11 Å². The quantitative estimate of drug-likeness (QED) is 0.941. The summed E-state index contributed by atoms with van der Waals surface area (Å²) < 4.78 is 22.3. The van der Waals surface area contributed by atoms with Gasteiger partial charge >= 0.3 is 0 Å². The third-order valence-electron chi connectivity index (χ3n) is 2.87. The number of nitrogens with zero attached hydrogens (tertiary/aromatic N) is 1. The van der Waals surface area contributed by atoms with Crippen LogP contribution in [0.25, 0.3) is 10.9 Å². The van der Waals surface area contributed by atoms with Gasteiger partial charge in [-0.25, -0.2) is 8.42 Å². The summed E-state index contributed by atoms with van der Waals surface area (Å²) in [7, 11) is -3.10. The van der Waals surface area contributed by atoms with Gasteiger partial charge in [0.05, 0.1) is 17.4 Å². The van der Waals surface area contributed by atoms with Gasteiger partial charge in [-0.05, 0) is 24.6 Å². The molecule has 19 heavy (non-hydrogen) atoms. The highest BCUT2D eigenvalue weighted by atomic mass is 35.5. The van der Waals surface area contributed by atoms with Crippen molar-refractivity contribution in [3.05, 3.63) is 41.0 Å². The molecule has 102 valence electrons. The Labute approximate surface area is 117 Å². The zero-order chi connectivity index (χ0) is 14.0. The van der Waals surface area contributed by atoms with Crippen molar-refractivity contribution >= 4 is 32.3 Å². The molecule has 0 amide bonds. The van der Waals surface area contributed by atoms with E-state index in [1.54, 1.807) is 24.4 Å². The molecule has 1 unspecified atom stereocenters. The van der Waals surface area contributed by atoms with E-state index in [1.165, 1.54) is 0 Å². The van der Waals surface area contributed by atoms with Crippen molar-refractivity contribution in [3.63, 3.8) is 0 Å². The van der Waals surface area contributed by atoms with E-state index in [0.29, 0.717) is 16.1 Å². The Balaban J connectivity index is 2.37. The van der Waals surface area contributed by atoms with E-state index in [-0.39, 0.29) is 12.2 Å². The summed E-state index contributed by atoms with van der Waals surface area (Å²) in [6, 6.07) is 6.95. The molecule has 0 aliphatic heterocycles. The number of fused-ring (bicyclic) bond motifs is 1. The maximum absolute atomic E-state index is 11.1. The fourth-order valence-electron chi connectivity index (χ4n) is 1.91. The summed E-state index contributed by atoms with van der Waals surface area (Å²) in [5.41, 5.74) is 1.21. The molecular formula is C13H14ClNO3S. The molecule has 0 fully saturated rings. The van der Waals surface area contributed by atoms with E-state index in [0.717, 1.165) is 11.6 Å². The third kappa shape index (κ3) is 3.43. The van der Waals surface area contributed by atoms with Crippen molar-refractivity contribution in [2.45, 2.75) is 12.5 Å². The number of aliphatic hydroxyl groups is 1. The summed E-state index contributed by atoms with van der Waals surface area (Å²) in [6.45, 7) is 0. The zero-order valence-electron chi connectivity index (χ0n) is 10.4. The Morgan fingerprint density at radius 2 is 2.11 bits per heavy atom. The summed E-state index contributed by atoms with van der Waals surface area (Å²) >= 11 is 6.07. The largest absolute Gasteiger partial charge is 0.388 e. The van der Waals surface area contributed by atoms with Crippen LogP contribution in [0.1, 0.15) is 18.1 Å². The summed E-state index contributed by atoms with van der Waals surface area (Å²) in [5.74, 6) is -0.0644. The van der Waals surface area contributed by atoms with Crippen LogP contribution < -0.4 is 0 Å². The molecule has 1 heterocycles. The number of hydrogen-bond acceptors (Lipinski definition) is 4. The maximum atomic E-state index is 11.1. The van der Waals surface area contributed by atoms with Crippen LogP contribution in [0.2, 0.25) is 5.02 Å². The molecule has 0 spiro atoms. The van der Waals surface area contributed by atoms with Crippen LogP contribution in [0.5, 0.6) is 0 Å². The van der Waals surface area contributed by atoms with E-state index in [9.17, 15) is 13.5 Å². The topological polar surface area (TPSA) is 67.3 Å². The summed E-state index contributed by atoms with van der Waals surface area (Å²) in [6.07, 6.45) is 2.04. The van der Waals surface area contributed by atoms with Gasteiger partial charge in [0.25, 0.3) is 0 Å². The van der Waals surface area contributed by atoms with Crippen molar-refractivity contribution in [1.82, 2.24) is 4.98 Å². The first-order valence-electron chi connectivity index (χ1n) is 5.77. The number of benzene rings is 1. The predicted octanol–water partition coefficient (Wildman–Crippen LogP) is 2.36. The van der Waals surface area contributed by atoms with E-state index in [1.807, 2.05) is 6.07 Å². The minimum Gasteiger partial charge on any atom is -0.388 e. The average Bonchev–Trinajstić information content (AvgIpc) is 2.36. The van der Waals surface area contributed by atoms with Crippen LogP contribution in [0, 0.1) is 0 Å². The Morgan fingerprint density at radius 3 is 2.79 bits per heavy atom. The Hall–Kier alpha value is -1.17. The fourth-order valence-corrected chi connectivity index (χ4v) is 2.78. The minimum absolute atomic E-state index is 0.0644. The van der Waals surface area contributed by atoms with Gasteiger partial charge in [-0.3, -0.25) is 4.98 Å². The fraction of sp³-hybridized carbons (Fsp3) is 0.308. The molecular weight excluding hydrogens is 286 g/mol. The number of aliphatic hydroxyl groups excluding tert-OH is 1. The Kier molecular flexibility index (Phi) is 4.08. The minimum atomic E-state index is -3.10. The zero-order valence-corrected chi connectivity index (χ0v) is 11.9. The highest BCUT2D eigenvalue weighted by Crippen LogP contribution is 2.29. The van der Waals surface area contributed by atoms with Gasteiger partial charge in [-0.2, -0.15) is 0 Å². The number of rotatable bonds is 4. The summed E-state index contributed by atoms with van der Waals surface area (Å²) in [5, 5.41) is 11.4. The van der Waals surface area contributed by atoms with Gasteiger partial charge in [0.15, 0.2) is 0 Å². The average molecular weight is 300 g/mol. The second-order valence-electron chi connectivity index (χ2n) is 4.47. The number of pyridine rings is 1. The molecule has 2 aromatic rings. The number of aromatic nitrogens is 1. The van der Waals surface area contributed by atoms with Crippen molar-refractivity contribution in [1.29, 1.82) is 0 Å². The van der Waals surface area contributed by atoms with Crippen molar-refractivity contribution in [2.75, 3.05) is 12.0 Å². The second kappa shape index (κ2) is 5.45. The second-order valence-corrected chi connectivity index (χ2v) is 7.14. The van der Waals surface area contributed by atoms with Gasteiger partial charge in [-0.15, -0.1) is 0 Å². The van der Waals surface area contributed by atoms with Crippen LogP contribution >= 0.6 is 11.6 Å². The van der Waals surface area contributed by atoms with Gasteiger partial charge in [-0.1, -0.05) is 17.7 Å².